The molecule has 0 aromatic rings. The van der Waals surface area contributed by atoms with Crippen LogP contribution < -0.4 is 0 Å². The monoisotopic (exact) mass is 305 g/mol. The van der Waals surface area contributed by atoms with Gasteiger partial charge >= 0.3 is 5.97 Å². The van der Waals surface area contributed by atoms with Gasteiger partial charge in [0.05, 0.1) is 25.2 Å². The Bertz CT molecular complexity index is 525. The Morgan fingerprint density at radius 3 is 2.95 bits per heavy atom. The van der Waals surface area contributed by atoms with Gasteiger partial charge in [-0.1, -0.05) is 31.9 Å². The quantitative estimate of drug-likeness (QED) is 0.585. The van der Waals surface area contributed by atoms with Crippen LogP contribution in [0.15, 0.2) is 12.2 Å². The van der Waals surface area contributed by atoms with E-state index in [0.717, 1.165) is 19.3 Å². The van der Waals surface area contributed by atoms with E-state index in [1.54, 1.807) is 0 Å². The van der Waals surface area contributed by atoms with E-state index in [-0.39, 0.29) is 23.9 Å². The molecule has 3 fully saturated rings. The molecule has 120 valence electrons. The van der Waals surface area contributed by atoms with Crippen molar-refractivity contribution in [1.82, 2.24) is 4.90 Å². The summed E-state index contributed by atoms with van der Waals surface area (Å²) in [6, 6.07) is 0.329. The SMILES string of the molecule is CCCOC(=O)C1C2C=CC3(CN(C4CCCC4)C(=O)C13)O2. The maximum atomic E-state index is 13.0. The van der Waals surface area contributed by atoms with Gasteiger partial charge in [-0.25, -0.2) is 0 Å². The van der Waals surface area contributed by atoms with E-state index in [4.69, 9.17) is 9.47 Å². The molecule has 0 N–H and O–H groups in total. The lowest BCUT2D eigenvalue weighted by Gasteiger charge is -2.26. The second-order valence-corrected chi connectivity index (χ2v) is 6.97. The van der Waals surface area contributed by atoms with Crippen LogP contribution in [0.25, 0.3) is 0 Å². The average Bonchev–Trinajstić information content (AvgIpc) is 3.25. The number of carbonyl (C=O) groups excluding carboxylic acids is 2. The summed E-state index contributed by atoms with van der Waals surface area (Å²) >= 11 is 0. The summed E-state index contributed by atoms with van der Waals surface area (Å²) in [4.78, 5) is 27.3. The lowest BCUT2D eigenvalue weighted by Crippen LogP contribution is -2.41. The Morgan fingerprint density at radius 1 is 1.45 bits per heavy atom. The lowest BCUT2D eigenvalue weighted by atomic mass is 9.77. The molecule has 0 aromatic heterocycles. The molecule has 4 aliphatic rings. The number of ether oxygens (including phenoxy) is 2. The van der Waals surface area contributed by atoms with Crippen molar-refractivity contribution in [3.63, 3.8) is 0 Å². The smallest absolute Gasteiger partial charge is 0.312 e. The third kappa shape index (κ3) is 1.87. The number of carbonyl (C=O) groups is 2. The van der Waals surface area contributed by atoms with E-state index in [9.17, 15) is 9.59 Å². The lowest BCUT2D eigenvalue weighted by molar-refractivity contribution is -0.154. The minimum Gasteiger partial charge on any atom is -0.465 e. The molecule has 3 aliphatic heterocycles. The number of hydrogen-bond donors (Lipinski definition) is 0. The van der Waals surface area contributed by atoms with Crippen LogP contribution >= 0.6 is 0 Å². The predicted octanol–water partition coefficient (Wildman–Crippen LogP) is 1.66. The maximum Gasteiger partial charge on any atom is 0.312 e. The minimum absolute atomic E-state index is 0.0946. The van der Waals surface area contributed by atoms with Gasteiger partial charge in [0.25, 0.3) is 0 Å². The first kappa shape index (κ1) is 14.2. The maximum absolute atomic E-state index is 13.0. The summed E-state index contributed by atoms with van der Waals surface area (Å²) in [7, 11) is 0. The molecule has 1 amide bonds. The number of rotatable bonds is 4. The fourth-order valence-electron chi connectivity index (χ4n) is 4.62. The van der Waals surface area contributed by atoms with Crippen molar-refractivity contribution in [2.75, 3.05) is 13.2 Å². The van der Waals surface area contributed by atoms with E-state index >= 15 is 0 Å². The van der Waals surface area contributed by atoms with Crippen molar-refractivity contribution in [3.05, 3.63) is 12.2 Å². The van der Waals surface area contributed by atoms with Gasteiger partial charge in [-0.2, -0.15) is 0 Å². The minimum atomic E-state index is -0.583. The molecule has 4 unspecified atom stereocenters. The Labute approximate surface area is 130 Å². The molecule has 2 saturated heterocycles. The zero-order valence-corrected chi connectivity index (χ0v) is 13.0. The van der Waals surface area contributed by atoms with E-state index in [2.05, 4.69) is 0 Å². The van der Waals surface area contributed by atoms with Crippen LogP contribution in [-0.2, 0) is 19.1 Å². The third-order valence-corrected chi connectivity index (χ3v) is 5.62. The largest absolute Gasteiger partial charge is 0.465 e. The van der Waals surface area contributed by atoms with Gasteiger partial charge in [-0.05, 0) is 19.3 Å². The molecule has 0 aromatic carbocycles. The molecule has 4 rings (SSSR count). The molecular weight excluding hydrogens is 282 g/mol. The highest BCUT2D eigenvalue weighted by molar-refractivity contribution is 5.91. The number of nitrogens with zero attached hydrogens (tertiary/aromatic N) is 1. The molecule has 5 nitrogen and oxygen atoms in total. The summed E-state index contributed by atoms with van der Waals surface area (Å²) in [5.74, 6) is -1.02. The van der Waals surface area contributed by atoms with Crippen LogP contribution in [0.3, 0.4) is 0 Å². The van der Waals surface area contributed by atoms with Crippen LogP contribution in [0.1, 0.15) is 39.0 Å². The highest BCUT2D eigenvalue weighted by Gasteiger charge is 2.67. The summed E-state index contributed by atoms with van der Waals surface area (Å²) < 4.78 is 11.4. The first-order chi connectivity index (χ1) is 10.7. The predicted molar refractivity (Wildman–Crippen MR) is 78.9 cm³/mol. The molecule has 1 saturated carbocycles. The fraction of sp³-hybridized carbons (Fsp3) is 0.765. The standard InChI is InChI=1S/C17H23NO4/c1-2-9-21-16(20)13-12-7-8-17(22-12)10-18(15(19)14(13)17)11-5-3-4-6-11/h7-8,11-14H,2-6,9-10H2,1H3. The van der Waals surface area contributed by atoms with Gasteiger partial charge in [0.2, 0.25) is 5.91 Å². The zero-order chi connectivity index (χ0) is 15.3. The van der Waals surface area contributed by atoms with Crippen molar-refractivity contribution >= 4 is 11.9 Å². The zero-order valence-electron chi connectivity index (χ0n) is 13.0. The Balaban J connectivity index is 1.58. The van der Waals surface area contributed by atoms with E-state index in [1.165, 1.54) is 12.8 Å². The van der Waals surface area contributed by atoms with Crippen molar-refractivity contribution in [3.8, 4) is 0 Å². The van der Waals surface area contributed by atoms with E-state index in [0.29, 0.717) is 19.2 Å². The molecule has 1 aliphatic carbocycles. The Kier molecular flexibility index (Phi) is 3.29. The van der Waals surface area contributed by atoms with E-state index < -0.39 is 11.5 Å². The fourth-order valence-corrected chi connectivity index (χ4v) is 4.62. The van der Waals surface area contributed by atoms with Crippen molar-refractivity contribution in [1.29, 1.82) is 0 Å². The second kappa shape index (κ2) is 5.08. The van der Waals surface area contributed by atoms with Gasteiger partial charge in [-0.15, -0.1) is 0 Å². The van der Waals surface area contributed by atoms with Crippen LogP contribution in [0, 0.1) is 11.8 Å². The Morgan fingerprint density at radius 2 is 2.23 bits per heavy atom. The van der Waals surface area contributed by atoms with Crippen LogP contribution in [0.5, 0.6) is 0 Å². The van der Waals surface area contributed by atoms with Gasteiger partial charge in [0.1, 0.15) is 11.5 Å². The van der Waals surface area contributed by atoms with Crippen LogP contribution in [0.4, 0.5) is 0 Å². The molecule has 1 spiro atoms. The molecular formula is C17H23NO4. The second-order valence-electron chi connectivity index (χ2n) is 6.97. The van der Waals surface area contributed by atoms with Gasteiger partial charge < -0.3 is 14.4 Å². The average molecular weight is 305 g/mol. The van der Waals surface area contributed by atoms with Gasteiger partial charge in [0, 0.05) is 6.04 Å². The number of fused-ring (bicyclic) bond motifs is 1. The van der Waals surface area contributed by atoms with E-state index in [1.807, 2.05) is 24.0 Å². The van der Waals surface area contributed by atoms with Crippen molar-refractivity contribution in [2.24, 2.45) is 11.8 Å². The van der Waals surface area contributed by atoms with Crippen LogP contribution in [0.2, 0.25) is 0 Å². The van der Waals surface area contributed by atoms with Crippen molar-refractivity contribution in [2.45, 2.75) is 56.8 Å². The topological polar surface area (TPSA) is 55.8 Å². The van der Waals surface area contributed by atoms with Gasteiger partial charge in [0.15, 0.2) is 0 Å². The normalized spacial score (nSPS) is 39.8. The summed E-state index contributed by atoms with van der Waals surface area (Å²) in [5, 5.41) is 0. The summed E-state index contributed by atoms with van der Waals surface area (Å²) in [6.07, 6.45) is 8.99. The molecule has 2 bridgehead atoms. The highest BCUT2D eigenvalue weighted by atomic mass is 16.6. The molecule has 22 heavy (non-hydrogen) atoms. The Hall–Kier alpha value is -1.36. The molecule has 4 atom stereocenters. The summed E-state index contributed by atoms with van der Waals surface area (Å²) in [5.41, 5.74) is -0.583. The molecule has 0 radical (unpaired) electrons. The first-order valence-electron chi connectivity index (χ1n) is 8.50. The number of amides is 1. The highest BCUT2D eigenvalue weighted by Crippen LogP contribution is 2.53. The number of esters is 1. The molecule has 5 heteroatoms. The summed E-state index contributed by atoms with van der Waals surface area (Å²) in [6.45, 7) is 2.98. The van der Waals surface area contributed by atoms with Crippen LogP contribution in [-0.4, -0.2) is 47.7 Å². The number of likely N-dealkylation sites (tertiary alicyclic amines) is 1. The molecule has 3 heterocycles. The first-order valence-corrected chi connectivity index (χ1v) is 8.50. The van der Waals surface area contributed by atoms with Gasteiger partial charge in [-0.3, -0.25) is 9.59 Å². The number of hydrogen-bond acceptors (Lipinski definition) is 4. The van der Waals surface area contributed by atoms with Crippen molar-refractivity contribution < 1.29 is 19.1 Å². The third-order valence-electron chi connectivity index (χ3n) is 5.62.